The van der Waals surface area contributed by atoms with E-state index in [2.05, 4.69) is 4.98 Å². The van der Waals surface area contributed by atoms with E-state index in [1.807, 2.05) is 0 Å². The van der Waals surface area contributed by atoms with Gasteiger partial charge < -0.3 is 19.9 Å². The van der Waals surface area contributed by atoms with Crippen LogP contribution in [0.4, 0.5) is 0 Å². The number of aliphatic hydroxyl groups is 3. The zero-order chi connectivity index (χ0) is 9.14. The molecule has 5 nitrogen and oxygen atoms in total. The van der Waals surface area contributed by atoms with Gasteiger partial charge in [0.15, 0.2) is 0 Å². The molecule has 1 heterocycles. The molecule has 0 spiro atoms. The molecule has 2 atom stereocenters. The summed E-state index contributed by atoms with van der Waals surface area (Å²) in [5.74, 6) is 0.344. The predicted molar refractivity (Wildman–Crippen MR) is 41.3 cm³/mol. The second-order valence-electron chi connectivity index (χ2n) is 2.59. The second kappa shape index (κ2) is 3.66. The molecule has 0 aromatic carbocycles. The van der Waals surface area contributed by atoms with E-state index < -0.39 is 18.8 Å². The molecule has 0 aliphatic rings. The first-order valence-corrected chi connectivity index (χ1v) is 3.61. The van der Waals surface area contributed by atoms with Crippen LogP contribution in [0.5, 0.6) is 0 Å². The van der Waals surface area contributed by atoms with Gasteiger partial charge in [-0.2, -0.15) is 0 Å². The van der Waals surface area contributed by atoms with Gasteiger partial charge in [0, 0.05) is 19.4 Å². The molecular formula is C7H12N2O3. The van der Waals surface area contributed by atoms with Gasteiger partial charge in [-0.25, -0.2) is 4.98 Å². The van der Waals surface area contributed by atoms with Gasteiger partial charge in [0.1, 0.15) is 18.0 Å². The Bertz CT molecular complexity index is 249. The predicted octanol–water partition coefficient (Wildman–Crippen LogP) is -1.19. The zero-order valence-electron chi connectivity index (χ0n) is 6.75. The highest BCUT2D eigenvalue weighted by molar-refractivity contribution is 4.97. The first kappa shape index (κ1) is 9.18. The molecule has 2 unspecified atom stereocenters. The topological polar surface area (TPSA) is 78.5 Å². The highest BCUT2D eigenvalue weighted by Crippen LogP contribution is 2.13. The van der Waals surface area contributed by atoms with Crippen LogP contribution in [0.25, 0.3) is 0 Å². The van der Waals surface area contributed by atoms with Crippen LogP contribution in [0.1, 0.15) is 11.9 Å². The summed E-state index contributed by atoms with van der Waals surface area (Å²) in [6.45, 7) is -0.478. The molecule has 1 aromatic rings. The maximum absolute atomic E-state index is 9.37. The van der Waals surface area contributed by atoms with Gasteiger partial charge in [-0.05, 0) is 0 Å². The first-order chi connectivity index (χ1) is 5.66. The molecule has 1 aromatic heterocycles. The number of nitrogens with zero attached hydrogens (tertiary/aromatic N) is 2. The lowest BCUT2D eigenvalue weighted by Gasteiger charge is -2.14. The van der Waals surface area contributed by atoms with E-state index in [-0.39, 0.29) is 0 Å². The Morgan fingerprint density at radius 2 is 2.25 bits per heavy atom. The summed E-state index contributed by atoms with van der Waals surface area (Å²) >= 11 is 0. The van der Waals surface area contributed by atoms with Crippen molar-refractivity contribution in [2.24, 2.45) is 7.05 Å². The van der Waals surface area contributed by atoms with Crippen LogP contribution < -0.4 is 0 Å². The van der Waals surface area contributed by atoms with Gasteiger partial charge in [0.05, 0.1) is 6.61 Å². The lowest BCUT2D eigenvalue weighted by molar-refractivity contribution is -0.0206. The zero-order valence-corrected chi connectivity index (χ0v) is 6.75. The number of imidazole rings is 1. The third-order valence-corrected chi connectivity index (χ3v) is 1.67. The Labute approximate surface area is 69.9 Å². The number of rotatable bonds is 3. The van der Waals surface area contributed by atoms with E-state index in [9.17, 15) is 5.11 Å². The lowest BCUT2D eigenvalue weighted by Crippen LogP contribution is -2.24. The minimum atomic E-state index is -1.17. The molecule has 3 N–H and O–H groups in total. The van der Waals surface area contributed by atoms with Crippen molar-refractivity contribution in [3.63, 3.8) is 0 Å². The van der Waals surface area contributed by atoms with Crippen LogP contribution in [0.2, 0.25) is 0 Å². The van der Waals surface area contributed by atoms with E-state index in [0.717, 1.165) is 0 Å². The van der Waals surface area contributed by atoms with Crippen molar-refractivity contribution in [3.8, 4) is 0 Å². The minimum absolute atomic E-state index is 0.344. The Kier molecular flexibility index (Phi) is 2.80. The molecule has 12 heavy (non-hydrogen) atoms. The van der Waals surface area contributed by atoms with Gasteiger partial charge in [-0.15, -0.1) is 0 Å². The highest BCUT2D eigenvalue weighted by atomic mass is 16.4. The summed E-state index contributed by atoms with van der Waals surface area (Å²) < 4.78 is 1.59. The van der Waals surface area contributed by atoms with Crippen LogP contribution in [-0.4, -0.2) is 37.6 Å². The van der Waals surface area contributed by atoms with Crippen LogP contribution >= 0.6 is 0 Å². The maximum atomic E-state index is 9.37. The summed E-state index contributed by atoms with van der Waals surface area (Å²) in [4.78, 5) is 3.83. The molecule has 0 bridgehead atoms. The molecule has 1 rings (SSSR count). The number of aliphatic hydroxyl groups excluding tert-OH is 3. The number of aryl methyl sites for hydroxylation is 1. The van der Waals surface area contributed by atoms with E-state index >= 15 is 0 Å². The smallest absolute Gasteiger partial charge is 0.140 e. The Morgan fingerprint density at radius 3 is 2.67 bits per heavy atom. The van der Waals surface area contributed by atoms with Gasteiger partial charge in [0.25, 0.3) is 0 Å². The molecule has 0 aliphatic carbocycles. The standard InChI is InChI=1S/C7H12N2O3/c1-9-3-2-8-7(9)6(12)5(11)4-10/h2-3,5-6,10-12H,4H2,1H3. The van der Waals surface area contributed by atoms with Crippen LogP contribution in [0, 0.1) is 0 Å². The maximum Gasteiger partial charge on any atom is 0.140 e. The summed E-state index contributed by atoms with van der Waals surface area (Å²) in [7, 11) is 1.70. The van der Waals surface area contributed by atoms with E-state index in [4.69, 9.17) is 10.2 Å². The quantitative estimate of drug-likeness (QED) is 0.535. The average molecular weight is 172 g/mol. The average Bonchev–Trinajstić information content (AvgIpc) is 2.48. The van der Waals surface area contributed by atoms with Crippen molar-refractivity contribution in [2.45, 2.75) is 12.2 Å². The molecule has 5 heteroatoms. The Morgan fingerprint density at radius 1 is 1.58 bits per heavy atom. The van der Waals surface area contributed by atoms with E-state index in [1.165, 1.54) is 6.20 Å². The van der Waals surface area contributed by atoms with Crippen LogP contribution in [0.3, 0.4) is 0 Å². The fourth-order valence-corrected chi connectivity index (χ4v) is 0.934. The summed E-state index contributed by atoms with van der Waals surface area (Å²) in [5.41, 5.74) is 0. The summed E-state index contributed by atoms with van der Waals surface area (Å²) in [6.07, 6.45) is 0.867. The molecular weight excluding hydrogens is 160 g/mol. The molecule has 0 saturated carbocycles. The summed E-state index contributed by atoms with van der Waals surface area (Å²) in [5, 5.41) is 27.0. The number of hydrogen-bond acceptors (Lipinski definition) is 4. The van der Waals surface area contributed by atoms with Crippen molar-refractivity contribution in [2.75, 3.05) is 6.61 Å². The van der Waals surface area contributed by atoms with Gasteiger partial charge in [-0.3, -0.25) is 0 Å². The number of aromatic nitrogens is 2. The van der Waals surface area contributed by atoms with Gasteiger partial charge in [0.2, 0.25) is 0 Å². The SMILES string of the molecule is Cn1ccnc1C(O)C(O)CO. The molecule has 0 saturated heterocycles. The van der Waals surface area contributed by atoms with Crippen molar-refractivity contribution in [3.05, 3.63) is 18.2 Å². The van der Waals surface area contributed by atoms with Crippen LogP contribution in [0.15, 0.2) is 12.4 Å². The second-order valence-corrected chi connectivity index (χ2v) is 2.59. The Hall–Kier alpha value is -0.910. The molecule has 0 radical (unpaired) electrons. The van der Waals surface area contributed by atoms with E-state index in [1.54, 1.807) is 17.8 Å². The van der Waals surface area contributed by atoms with Crippen molar-refractivity contribution >= 4 is 0 Å². The molecule has 0 fully saturated rings. The Balaban J connectivity index is 2.77. The van der Waals surface area contributed by atoms with Crippen LogP contribution in [-0.2, 0) is 7.05 Å². The molecule has 0 amide bonds. The minimum Gasteiger partial charge on any atom is -0.394 e. The monoisotopic (exact) mass is 172 g/mol. The van der Waals surface area contributed by atoms with Crippen molar-refractivity contribution < 1.29 is 15.3 Å². The fraction of sp³-hybridized carbons (Fsp3) is 0.571. The van der Waals surface area contributed by atoms with Crippen molar-refractivity contribution in [1.29, 1.82) is 0 Å². The lowest BCUT2D eigenvalue weighted by atomic mass is 10.2. The first-order valence-electron chi connectivity index (χ1n) is 3.61. The normalized spacial score (nSPS) is 16.0. The largest absolute Gasteiger partial charge is 0.394 e. The third-order valence-electron chi connectivity index (χ3n) is 1.67. The van der Waals surface area contributed by atoms with Gasteiger partial charge >= 0.3 is 0 Å². The molecule has 68 valence electrons. The third kappa shape index (κ3) is 1.63. The van der Waals surface area contributed by atoms with Crippen molar-refractivity contribution in [1.82, 2.24) is 9.55 Å². The molecule has 0 aliphatic heterocycles. The summed E-state index contributed by atoms with van der Waals surface area (Å²) in [6, 6.07) is 0. The van der Waals surface area contributed by atoms with E-state index in [0.29, 0.717) is 5.82 Å². The fourth-order valence-electron chi connectivity index (χ4n) is 0.934. The number of hydrogen-bond donors (Lipinski definition) is 3. The highest BCUT2D eigenvalue weighted by Gasteiger charge is 2.20. The van der Waals surface area contributed by atoms with Gasteiger partial charge in [-0.1, -0.05) is 0 Å².